The van der Waals surface area contributed by atoms with Crippen molar-refractivity contribution in [1.82, 2.24) is 24.5 Å². The molecule has 10 heteroatoms. The molecule has 2 heterocycles. The molecule has 0 fully saturated rings. The van der Waals surface area contributed by atoms with Crippen LogP contribution < -0.4 is 5.32 Å². The van der Waals surface area contributed by atoms with Gasteiger partial charge in [0, 0.05) is 6.20 Å². The van der Waals surface area contributed by atoms with Gasteiger partial charge >= 0.3 is 5.97 Å². The Bertz CT molecular complexity index is 919. The van der Waals surface area contributed by atoms with E-state index >= 15 is 0 Å². The molecular formula is C15H13FN6O3. The summed E-state index contributed by atoms with van der Waals surface area (Å²) in [6.45, 7) is -0.0400. The fourth-order valence-electron chi connectivity index (χ4n) is 2.13. The number of carboxylic acids is 1. The van der Waals surface area contributed by atoms with Crippen molar-refractivity contribution in [3.8, 4) is 0 Å². The number of rotatable bonds is 6. The number of nitrogens with one attached hydrogen (secondary N) is 1. The van der Waals surface area contributed by atoms with Crippen molar-refractivity contribution in [1.29, 1.82) is 0 Å². The number of nitrogens with zero attached hydrogens (tertiary/aromatic N) is 5. The molecule has 128 valence electrons. The van der Waals surface area contributed by atoms with Gasteiger partial charge in [-0.25, -0.2) is 14.1 Å². The molecule has 25 heavy (non-hydrogen) atoms. The molecule has 1 amide bonds. The summed E-state index contributed by atoms with van der Waals surface area (Å²) in [6, 6.07) is 7.47. The average Bonchev–Trinajstić information content (AvgIpc) is 3.16. The molecule has 0 aliphatic heterocycles. The van der Waals surface area contributed by atoms with Crippen LogP contribution in [0.25, 0.3) is 0 Å². The third-order valence-corrected chi connectivity index (χ3v) is 3.17. The Hall–Kier alpha value is -3.56. The maximum atomic E-state index is 13.2. The average molecular weight is 344 g/mol. The second-order valence-electron chi connectivity index (χ2n) is 5.14. The highest BCUT2D eigenvalue weighted by atomic mass is 19.1. The standard InChI is InChI=1S/C15H13FN6O3/c16-11-3-1-2-10(6-11)7-22-9-17-15(20-22)18-14(25)12-4-5-21(19-12)8-13(23)24/h1-6,9H,7-8H2,(H,23,24)(H,18,20,25). The van der Waals surface area contributed by atoms with E-state index in [2.05, 4.69) is 20.5 Å². The molecule has 2 N–H and O–H groups in total. The third kappa shape index (κ3) is 4.25. The molecule has 0 saturated carbocycles. The molecule has 3 rings (SSSR count). The highest BCUT2D eigenvalue weighted by molar-refractivity contribution is 6.01. The number of aromatic nitrogens is 5. The minimum Gasteiger partial charge on any atom is -0.480 e. The van der Waals surface area contributed by atoms with Crippen LogP contribution in [0.5, 0.6) is 0 Å². The Labute approximate surface area is 140 Å². The van der Waals surface area contributed by atoms with Crippen molar-refractivity contribution in [3.05, 3.63) is 59.9 Å². The number of anilines is 1. The lowest BCUT2D eigenvalue weighted by Gasteiger charge is -2.01. The molecule has 0 aliphatic carbocycles. The van der Waals surface area contributed by atoms with Crippen LogP contribution in [0.1, 0.15) is 16.1 Å². The van der Waals surface area contributed by atoms with Crippen LogP contribution in [0.15, 0.2) is 42.9 Å². The van der Waals surface area contributed by atoms with Crippen molar-refractivity contribution >= 4 is 17.8 Å². The highest BCUT2D eigenvalue weighted by Crippen LogP contribution is 2.07. The molecule has 0 unspecified atom stereocenters. The largest absolute Gasteiger partial charge is 0.480 e. The second-order valence-corrected chi connectivity index (χ2v) is 5.14. The van der Waals surface area contributed by atoms with Gasteiger partial charge in [-0.15, -0.1) is 5.10 Å². The van der Waals surface area contributed by atoms with Gasteiger partial charge in [0.2, 0.25) is 5.95 Å². The summed E-state index contributed by atoms with van der Waals surface area (Å²) in [5.41, 5.74) is 0.748. The minimum absolute atomic E-state index is 0.0442. The van der Waals surface area contributed by atoms with Crippen LogP contribution in [0.2, 0.25) is 0 Å². The molecule has 0 aliphatic rings. The number of halogens is 1. The van der Waals surface area contributed by atoms with Gasteiger partial charge in [-0.2, -0.15) is 5.10 Å². The normalized spacial score (nSPS) is 10.6. The van der Waals surface area contributed by atoms with E-state index in [0.29, 0.717) is 12.1 Å². The Morgan fingerprint density at radius 2 is 2.04 bits per heavy atom. The Kier molecular flexibility index (Phi) is 4.50. The smallest absolute Gasteiger partial charge is 0.325 e. The van der Waals surface area contributed by atoms with E-state index in [4.69, 9.17) is 5.11 Å². The van der Waals surface area contributed by atoms with E-state index in [-0.39, 0.29) is 24.0 Å². The van der Waals surface area contributed by atoms with Crippen LogP contribution in [0, 0.1) is 5.82 Å². The molecule has 3 aromatic rings. The minimum atomic E-state index is -1.06. The number of carbonyl (C=O) groups excluding carboxylic acids is 1. The molecule has 0 spiro atoms. The number of hydrogen-bond acceptors (Lipinski definition) is 5. The first-order chi connectivity index (χ1) is 12.0. The summed E-state index contributed by atoms with van der Waals surface area (Å²) in [5, 5.41) is 19.1. The number of amides is 1. The summed E-state index contributed by atoms with van der Waals surface area (Å²) < 4.78 is 15.8. The molecular weight excluding hydrogens is 331 g/mol. The van der Waals surface area contributed by atoms with E-state index in [1.54, 1.807) is 12.1 Å². The molecule has 0 radical (unpaired) electrons. The summed E-state index contributed by atoms with van der Waals surface area (Å²) in [7, 11) is 0. The van der Waals surface area contributed by atoms with E-state index in [9.17, 15) is 14.0 Å². The van der Waals surface area contributed by atoms with Gasteiger partial charge in [-0.05, 0) is 23.8 Å². The van der Waals surface area contributed by atoms with Gasteiger partial charge in [0.05, 0.1) is 6.54 Å². The van der Waals surface area contributed by atoms with Crippen molar-refractivity contribution in [2.24, 2.45) is 0 Å². The predicted molar refractivity (Wildman–Crippen MR) is 83.3 cm³/mol. The number of aliphatic carboxylic acids is 1. The van der Waals surface area contributed by atoms with E-state index in [1.807, 2.05) is 0 Å². The van der Waals surface area contributed by atoms with Gasteiger partial charge in [0.25, 0.3) is 5.91 Å². The topological polar surface area (TPSA) is 115 Å². The monoisotopic (exact) mass is 344 g/mol. The van der Waals surface area contributed by atoms with Crippen molar-refractivity contribution in [2.75, 3.05) is 5.32 Å². The number of benzene rings is 1. The number of carbonyl (C=O) groups is 2. The first kappa shape index (κ1) is 16.3. The van der Waals surface area contributed by atoms with Gasteiger partial charge in [-0.3, -0.25) is 19.6 Å². The predicted octanol–water partition coefficient (Wildman–Crippen LogP) is 0.999. The van der Waals surface area contributed by atoms with Gasteiger partial charge in [0.1, 0.15) is 18.7 Å². The van der Waals surface area contributed by atoms with Crippen molar-refractivity contribution in [2.45, 2.75) is 13.1 Å². The lowest BCUT2D eigenvalue weighted by atomic mass is 10.2. The van der Waals surface area contributed by atoms with Crippen LogP contribution in [0.4, 0.5) is 10.3 Å². The molecule has 0 atom stereocenters. The first-order valence-corrected chi connectivity index (χ1v) is 7.20. The van der Waals surface area contributed by atoms with Gasteiger partial charge in [-0.1, -0.05) is 12.1 Å². The van der Waals surface area contributed by atoms with Gasteiger partial charge < -0.3 is 5.11 Å². The lowest BCUT2D eigenvalue weighted by Crippen LogP contribution is -2.16. The third-order valence-electron chi connectivity index (χ3n) is 3.17. The van der Waals surface area contributed by atoms with Crippen LogP contribution in [0.3, 0.4) is 0 Å². The Balaban J connectivity index is 1.63. The molecule has 9 nitrogen and oxygen atoms in total. The quantitative estimate of drug-likeness (QED) is 0.689. The van der Waals surface area contributed by atoms with Crippen LogP contribution >= 0.6 is 0 Å². The Morgan fingerprint density at radius 3 is 2.80 bits per heavy atom. The van der Waals surface area contributed by atoms with E-state index in [1.165, 1.54) is 35.4 Å². The second kappa shape index (κ2) is 6.91. The summed E-state index contributed by atoms with van der Waals surface area (Å²) >= 11 is 0. The molecule has 1 aromatic carbocycles. The lowest BCUT2D eigenvalue weighted by molar-refractivity contribution is -0.137. The zero-order valence-electron chi connectivity index (χ0n) is 12.8. The highest BCUT2D eigenvalue weighted by Gasteiger charge is 2.13. The fraction of sp³-hybridized carbons (Fsp3) is 0.133. The summed E-state index contributed by atoms with van der Waals surface area (Å²) in [4.78, 5) is 26.6. The van der Waals surface area contributed by atoms with Crippen molar-refractivity contribution < 1.29 is 19.1 Å². The van der Waals surface area contributed by atoms with Crippen LogP contribution in [-0.2, 0) is 17.9 Å². The maximum Gasteiger partial charge on any atom is 0.325 e. The molecule has 0 bridgehead atoms. The molecule has 0 saturated heterocycles. The maximum absolute atomic E-state index is 13.2. The van der Waals surface area contributed by atoms with E-state index in [0.717, 1.165) is 4.68 Å². The number of hydrogen-bond donors (Lipinski definition) is 2. The summed E-state index contributed by atoms with van der Waals surface area (Å²) in [5.74, 6) is -1.90. The van der Waals surface area contributed by atoms with E-state index < -0.39 is 11.9 Å². The first-order valence-electron chi connectivity index (χ1n) is 7.20. The van der Waals surface area contributed by atoms with Crippen molar-refractivity contribution in [3.63, 3.8) is 0 Å². The number of carboxylic acid groups (broad SMARTS) is 1. The fourth-order valence-corrected chi connectivity index (χ4v) is 2.13. The van der Waals surface area contributed by atoms with Gasteiger partial charge in [0.15, 0.2) is 5.69 Å². The zero-order chi connectivity index (χ0) is 17.8. The SMILES string of the molecule is O=C(O)Cn1ccc(C(=O)Nc2ncn(Cc3cccc(F)c3)n2)n1. The molecule has 2 aromatic heterocycles. The zero-order valence-corrected chi connectivity index (χ0v) is 12.8. The summed E-state index contributed by atoms with van der Waals surface area (Å²) in [6.07, 6.45) is 2.79. The Morgan fingerprint density at radius 1 is 1.20 bits per heavy atom. The van der Waals surface area contributed by atoms with Crippen LogP contribution in [-0.4, -0.2) is 41.5 Å².